The molecule has 1 aliphatic carbocycles. The molecule has 0 bridgehead atoms. The van der Waals surface area contributed by atoms with Gasteiger partial charge in [-0.05, 0) is 37.3 Å². The summed E-state index contributed by atoms with van der Waals surface area (Å²) in [6.07, 6.45) is 3.85. The third kappa shape index (κ3) is 3.18. The number of anilines is 1. The van der Waals surface area contributed by atoms with E-state index in [1.54, 1.807) is 0 Å². The van der Waals surface area contributed by atoms with Gasteiger partial charge in [0.15, 0.2) is 0 Å². The summed E-state index contributed by atoms with van der Waals surface area (Å²) in [4.78, 5) is 7.25. The fourth-order valence-corrected chi connectivity index (χ4v) is 2.84. The summed E-state index contributed by atoms with van der Waals surface area (Å²) in [5.41, 5.74) is 9.21. The number of aromatic nitrogens is 1. The number of rotatable bonds is 6. The van der Waals surface area contributed by atoms with Crippen LogP contribution >= 0.6 is 0 Å². The van der Waals surface area contributed by atoms with Crippen LogP contribution in [0.2, 0.25) is 0 Å². The fourth-order valence-electron chi connectivity index (χ4n) is 2.84. The second-order valence-electron chi connectivity index (χ2n) is 6.46. The van der Waals surface area contributed by atoms with Gasteiger partial charge in [0, 0.05) is 30.2 Å². The zero-order chi connectivity index (χ0) is 14.8. The molecule has 1 aromatic heterocycles. The first-order valence-corrected chi connectivity index (χ1v) is 8.04. The predicted molar refractivity (Wildman–Crippen MR) is 89.5 cm³/mol. The highest BCUT2D eigenvalue weighted by Crippen LogP contribution is 2.36. The molecule has 112 valence electrons. The summed E-state index contributed by atoms with van der Waals surface area (Å²) in [5, 5.41) is 1.25. The number of pyridine rings is 1. The van der Waals surface area contributed by atoms with Crippen LogP contribution in [0.15, 0.2) is 30.3 Å². The van der Waals surface area contributed by atoms with E-state index >= 15 is 0 Å². The summed E-state index contributed by atoms with van der Waals surface area (Å²) in [6.45, 7) is 6.21. The number of benzene rings is 1. The lowest BCUT2D eigenvalue weighted by molar-refractivity contribution is 0.571. The van der Waals surface area contributed by atoms with Crippen molar-refractivity contribution in [3.05, 3.63) is 36.0 Å². The zero-order valence-electron chi connectivity index (χ0n) is 13.0. The number of nitrogens with two attached hydrogens (primary N) is 1. The maximum atomic E-state index is 5.84. The molecule has 0 spiro atoms. The molecule has 0 unspecified atom stereocenters. The normalized spacial score (nSPS) is 14.9. The van der Waals surface area contributed by atoms with Crippen molar-refractivity contribution in [2.24, 2.45) is 11.7 Å². The minimum absolute atomic E-state index is 0.501. The van der Waals surface area contributed by atoms with Crippen LogP contribution in [0, 0.1) is 5.92 Å². The van der Waals surface area contributed by atoms with Gasteiger partial charge in [0.2, 0.25) is 0 Å². The van der Waals surface area contributed by atoms with E-state index in [2.05, 4.69) is 54.1 Å². The zero-order valence-corrected chi connectivity index (χ0v) is 13.0. The van der Waals surface area contributed by atoms with Crippen molar-refractivity contribution < 1.29 is 0 Å². The Bertz CT molecular complexity index is 617. The molecular formula is C18H25N3. The number of hydrogen-bond acceptors (Lipinski definition) is 3. The van der Waals surface area contributed by atoms with Gasteiger partial charge in [-0.15, -0.1) is 0 Å². The van der Waals surface area contributed by atoms with E-state index in [0.29, 0.717) is 12.6 Å². The average Bonchev–Trinajstić information content (AvgIpc) is 3.31. The van der Waals surface area contributed by atoms with Gasteiger partial charge in [-0.25, -0.2) is 0 Å². The smallest absolute Gasteiger partial charge is 0.0726 e. The van der Waals surface area contributed by atoms with Crippen molar-refractivity contribution in [1.29, 1.82) is 0 Å². The average molecular weight is 283 g/mol. The van der Waals surface area contributed by atoms with Crippen LogP contribution in [0.1, 0.15) is 38.8 Å². The quantitative estimate of drug-likeness (QED) is 0.878. The van der Waals surface area contributed by atoms with Crippen molar-refractivity contribution in [3.63, 3.8) is 0 Å². The Labute approximate surface area is 127 Å². The Morgan fingerprint density at radius 1 is 1.29 bits per heavy atom. The number of hydrogen-bond donors (Lipinski definition) is 1. The highest BCUT2D eigenvalue weighted by molar-refractivity contribution is 5.92. The largest absolute Gasteiger partial charge is 0.368 e. The van der Waals surface area contributed by atoms with Gasteiger partial charge in [0.05, 0.1) is 11.2 Å². The molecular weight excluding hydrogens is 258 g/mol. The molecule has 2 aromatic rings. The summed E-state index contributed by atoms with van der Waals surface area (Å²) < 4.78 is 0. The molecule has 1 aliphatic rings. The molecule has 0 radical (unpaired) electrons. The minimum Gasteiger partial charge on any atom is -0.368 e. The van der Waals surface area contributed by atoms with Gasteiger partial charge < -0.3 is 10.6 Å². The van der Waals surface area contributed by atoms with Crippen LogP contribution in [0.4, 0.5) is 5.69 Å². The van der Waals surface area contributed by atoms with Crippen LogP contribution < -0.4 is 10.6 Å². The molecule has 3 heteroatoms. The molecule has 21 heavy (non-hydrogen) atoms. The van der Waals surface area contributed by atoms with Gasteiger partial charge in [0.1, 0.15) is 0 Å². The highest BCUT2D eigenvalue weighted by atomic mass is 15.2. The molecule has 0 atom stereocenters. The number of fused-ring (bicyclic) bond motifs is 1. The fraction of sp³-hybridized carbons (Fsp3) is 0.500. The Hall–Kier alpha value is -1.61. The summed E-state index contributed by atoms with van der Waals surface area (Å²) in [6, 6.07) is 11.3. The maximum absolute atomic E-state index is 5.84. The Kier molecular flexibility index (Phi) is 4.11. The van der Waals surface area contributed by atoms with Crippen LogP contribution in [0.3, 0.4) is 0 Å². The molecule has 0 aliphatic heterocycles. The van der Waals surface area contributed by atoms with E-state index in [9.17, 15) is 0 Å². The molecule has 1 saturated carbocycles. The lowest BCUT2D eigenvalue weighted by Crippen LogP contribution is -2.28. The highest BCUT2D eigenvalue weighted by Gasteiger charge is 2.30. The van der Waals surface area contributed by atoms with E-state index in [0.717, 1.165) is 23.7 Å². The van der Waals surface area contributed by atoms with Gasteiger partial charge in [-0.2, -0.15) is 0 Å². The third-order valence-electron chi connectivity index (χ3n) is 4.20. The van der Waals surface area contributed by atoms with Crippen LogP contribution in [0.25, 0.3) is 10.9 Å². The van der Waals surface area contributed by atoms with E-state index in [4.69, 9.17) is 5.73 Å². The van der Waals surface area contributed by atoms with E-state index in [1.807, 2.05) is 0 Å². The monoisotopic (exact) mass is 283 g/mol. The van der Waals surface area contributed by atoms with E-state index in [1.165, 1.54) is 30.3 Å². The second-order valence-corrected chi connectivity index (χ2v) is 6.46. The van der Waals surface area contributed by atoms with Crippen LogP contribution in [-0.2, 0) is 6.54 Å². The molecule has 0 amide bonds. The lowest BCUT2D eigenvalue weighted by atomic mass is 10.1. The molecule has 1 fully saturated rings. The predicted octanol–water partition coefficient (Wildman–Crippen LogP) is 3.71. The number of para-hydroxylation sites is 1. The minimum atomic E-state index is 0.501. The topological polar surface area (TPSA) is 42.1 Å². The first-order valence-electron chi connectivity index (χ1n) is 8.04. The van der Waals surface area contributed by atoms with Crippen molar-refractivity contribution in [3.8, 4) is 0 Å². The molecule has 0 saturated heterocycles. The third-order valence-corrected chi connectivity index (χ3v) is 4.20. The molecule has 1 aromatic carbocycles. The Balaban J connectivity index is 2.02. The van der Waals surface area contributed by atoms with Crippen molar-refractivity contribution in [2.75, 3.05) is 11.4 Å². The standard InChI is InChI=1S/C18H25N3/c1-13(2)9-10-21(15-7-8-15)18-11-14(12-19)20-17-6-4-3-5-16(17)18/h3-6,11,13,15H,7-10,12,19H2,1-2H3. The van der Waals surface area contributed by atoms with Gasteiger partial charge in [0.25, 0.3) is 0 Å². The van der Waals surface area contributed by atoms with E-state index < -0.39 is 0 Å². The summed E-state index contributed by atoms with van der Waals surface area (Å²) >= 11 is 0. The number of nitrogens with zero attached hydrogens (tertiary/aromatic N) is 2. The SMILES string of the molecule is CC(C)CCN(c1cc(CN)nc2ccccc12)C1CC1. The Morgan fingerprint density at radius 3 is 2.71 bits per heavy atom. The second kappa shape index (κ2) is 6.02. The van der Waals surface area contributed by atoms with E-state index in [-0.39, 0.29) is 0 Å². The first kappa shape index (κ1) is 14.3. The van der Waals surface area contributed by atoms with Gasteiger partial charge >= 0.3 is 0 Å². The Morgan fingerprint density at radius 2 is 2.05 bits per heavy atom. The lowest BCUT2D eigenvalue weighted by Gasteiger charge is -2.27. The van der Waals surface area contributed by atoms with Crippen LogP contribution in [-0.4, -0.2) is 17.6 Å². The molecule has 3 nitrogen and oxygen atoms in total. The van der Waals surface area contributed by atoms with Gasteiger partial charge in [-0.1, -0.05) is 32.0 Å². The molecule has 1 heterocycles. The summed E-state index contributed by atoms with van der Waals surface area (Å²) in [5.74, 6) is 0.730. The molecule has 3 rings (SSSR count). The maximum Gasteiger partial charge on any atom is 0.0726 e. The molecule has 2 N–H and O–H groups in total. The van der Waals surface area contributed by atoms with Crippen LogP contribution in [0.5, 0.6) is 0 Å². The van der Waals surface area contributed by atoms with Crippen molar-refractivity contribution in [2.45, 2.75) is 45.7 Å². The first-order chi connectivity index (χ1) is 10.2. The summed E-state index contributed by atoms with van der Waals surface area (Å²) in [7, 11) is 0. The van der Waals surface area contributed by atoms with Gasteiger partial charge in [-0.3, -0.25) is 4.98 Å². The van der Waals surface area contributed by atoms with Crippen molar-refractivity contribution >= 4 is 16.6 Å². The van der Waals surface area contributed by atoms with Crippen molar-refractivity contribution in [1.82, 2.24) is 4.98 Å².